The molecule has 1 aromatic carbocycles. The highest BCUT2D eigenvalue weighted by molar-refractivity contribution is 9.10. The molecule has 2 aromatic rings. The van der Waals surface area contributed by atoms with Gasteiger partial charge in [0.05, 0.1) is 21.8 Å². The minimum absolute atomic E-state index is 0.239. The van der Waals surface area contributed by atoms with Crippen molar-refractivity contribution < 1.29 is 23.1 Å². The number of benzene rings is 1. The molecule has 144 valence electrons. The third kappa shape index (κ3) is 4.00. The molecule has 10 heteroatoms. The highest BCUT2D eigenvalue weighted by Gasteiger charge is 2.38. The maximum absolute atomic E-state index is 13.2. The molecule has 0 aliphatic carbocycles. The summed E-state index contributed by atoms with van der Waals surface area (Å²) in [5, 5.41) is 12.6. The van der Waals surface area contributed by atoms with Gasteiger partial charge < -0.3 is 10.4 Å². The predicted octanol–water partition coefficient (Wildman–Crippen LogP) is 5.08. The number of rotatable bonds is 3. The second-order valence-electron chi connectivity index (χ2n) is 6.14. The van der Waals surface area contributed by atoms with Crippen LogP contribution in [0.5, 0.6) is 0 Å². The van der Waals surface area contributed by atoms with Gasteiger partial charge in [0.25, 0.3) is 0 Å². The maximum Gasteiger partial charge on any atom is 0.416 e. The molecule has 1 aliphatic heterocycles. The van der Waals surface area contributed by atoms with E-state index in [1.54, 1.807) is 0 Å². The standard InChI is InChI=1S/C17H16BrF3N4O2/c1-2-11-6-13(24-15-22-7-10(18)8-23-15)12-5-9(17(19,20)21)3-4-14(12)25(11)16(26)27/h3-5,7-8,11,13H,2,6H2,1H3,(H,26,27)(H,22,23,24)/t11-,13+/m1/s1. The number of nitrogens with zero attached hydrogens (tertiary/aromatic N) is 3. The molecule has 0 bridgehead atoms. The van der Waals surface area contributed by atoms with Crippen LogP contribution in [0.2, 0.25) is 0 Å². The summed E-state index contributed by atoms with van der Waals surface area (Å²) in [5.74, 6) is 0.255. The van der Waals surface area contributed by atoms with Crippen LogP contribution in [0.15, 0.2) is 35.1 Å². The molecule has 0 spiro atoms. The second kappa shape index (κ2) is 7.34. The summed E-state index contributed by atoms with van der Waals surface area (Å²) in [6, 6.07) is 2.18. The van der Waals surface area contributed by atoms with Crippen LogP contribution >= 0.6 is 15.9 Å². The number of alkyl halides is 3. The minimum atomic E-state index is -4.52. The Labute approximate surface area is 161 Å². The molecule has 27 heavy (non-hydrogen) atoms. The van der Waals surface area contributed by atoms with Gasteiger partial charge in [-0.3, -0.25) is 4.90 Å². The molecule has 0 saturated heterocycles. The van der Waals surface area contributed by atoms with Gasteiger partial charge >= 0.3 is 12.3 Å². The molecular weight excluding hydrogens is 429 g/mol. The predicted molar refractivity (Wildman–Crippen MR) is 96.7 cm³/mol. The van der Waals surface area contributed by atoms with E-state index in [1.807, 2.05) is 6.92 Å². The summed E-state index contributed by atoms with van der Waals surface area (Å²) in [6.45, 7) is 1.84. The van der Waals surface area contributed by atoms with E-state index in [2.05, 4.69) is 31.2 Å². The van der Waals surface area contributed by atoms with Crippen molar-refractivity contribution in [2.75, 3.05) is 10.2 Å². The van der Waals surface area contributed by atoms with E-state index in [0.29, 0.717) is 17.3 Å². The zero-order valence-corrected chi connectivity index (χ0v) is 15.8. The van der Waals surface area contributed by atoms with Gasteiger partial charge in [-0.1, -0.05) is 6.92 Å². The molecule has 2 N–H and O–H groups in total. The normalized spacial score (nSPS) is 19.5. The van der Waals surface area contributed by atoms with E-state index in [0.717, 1.165) is 17.0 Å². The summed E-state index contributed by atoms with van der Waals surface area (Å²) in [6.07, 6.45) is -1.86. The zero-order valence-electron chi connectivity index (χ0n) is 14.2. The van der Waals surface area contributed by atoms with Crippen molar-refractivity contribution in [2.45, 2.75) is 38.0 Å². The molecule has 6 nitrogen and oxygen atoms in total. The smallest absolute Gasteiger partial charge is 0.416 e. The van der Waals surface area contributed by atoms with Gasteiger partial charge in [-0.2, -0.15) is 13.2 Å². The largest absolute Gasteiger partial charge is 0.465 e. The third-order valence-corrected chi connectivity index (χ3v) is 4.87. The van der Waals surface area contributed by atoms with Gasteiger partial charge in [0.15, 0.2) is 0 Å². The first-order valence-corrected chi connectivity index (χ1v) is 8.97. The monoisotopic (exact) mass is 444 g/mol. The number of carbonyl (C=O) groups is 1. The van der Waals surface area contributed by atoms with Crippen molar-refractivity contribution in [2.24, 2.45) is 0 Å². The first-order valence-electron chi connectivity index (χ1n) is 8.18. The van der Waals surface area contributed by atoms with Gasteiger partial charge in [0.1, 0.15) is 0 Å². The summed E-state index contributed by atoms with van der Waals surface area (Å²) >= 11 is 3.22. The lowest BCUT2D eigenvalue weighted by molar-refractivity contribution is -0.137. The molecule has 0 fully saturated rings. The van der Waals surface area contributed by atoms with E-state index in [1.165, 1.54) is 18.5 Å². The number of anilines is 2. The number of fused-ring (bicyclic) bond motifs is 1. The first kappa shape index (κ1) is 19.4. The number of hydrogen-bond acceptors (Lipinski definition) is 4. The van der Waals surface area contributed by atoms with Gasteiger partial charge in [0, 0.05) is 18.4 Å². The number of halogens is 4. The molecule has 2 heterocycles. The molecule has 0 radical (unpaired) electrons. The summed E-state index contributed by atoms with van der Waals surface area (Å²) in [7, 11) is 0. The van der Waals surface area contributed by atoms with Crippen molar-refractivity contribution in [3.63, 3.8) is 0 Å². The van der Waals surface area contributed by atoms with Crippen molar-refractivity contribution >= 4 is 33.7 Å². The first-order chi connectivity index (χ1) is 12.7. The highest BCUT2D eigenvalue weighted by atomic mass is 79.9. The maximum atomic E-state index is 13.2. The molecule has 1 aromatic heterocycles. The van der Waals surface area contributed by atoms with Crippen LogP contribution in [0.4, 0.5) is 29.6 Å². The molecule has 1 amide bonds. The van der Waals surface area contributed by atoms with Crippen LogP contribution in [0, 0.1) is 0 Å². The third-order valence-electron chi connectivity index (χ3n) is 4.46. The average molecular weight is 445 g/mol. The fourth-order valence-electron chi connectivity index (χ4n) is 3.22. The number of carboxylic acid groups (broad SMARTS) is 1. The summed E-state index contributed by atoms with van der Waals surface area (Å²) < 4.78 is 40.2. The van der Waals surface area contributed by atoms with E-state index < -0.39 is 23.9 Å². The van der Waals surface area contributed by atoms with Crippen LogP contribution in [-0.4, -0.2) is 27.2 Å². The summed E-state index contributed by atoms with van der Waals surface area (Å²) in [5.41, 5.74) is -0.336. The minimum Gasteiger partial charge on any atom is -0.465 e. The Morgan fingerprint density at radius 1 is 1.37 bits per heavy atom. The van der Waals surface area contributed by atoms with Gasteiger partial charge in [-0.25, -0.2) is 14.8 Å². The fraction of sp³-hybridized carbons (Fsp3) is 0.353. The van der Waals surface area contributed by atoms with Crippen molar-refractivity contribution in [1.29, 1.82) is 0 Å². The zero-order chi connectivity index (χ0) is 19.8. The lowest BCUT2D eigenvalue weighted by atomic mass is 9.89. The van der Waals surface area contributed by atoms with E-state index >= 15 is 0 Å². The fourth-order valence-corrected chi connectivity index (χ4v) is 3.42. The topological polar surface area (TPSA) is 78.4 Å². The van der Waals surface area contributed by atoms with Gasteiger partial charge in [-0.05, 0) is 52.5 Å². The Balaban J connectivity index is 2.07. The van der Waals surface area contributed by atoms with E-state index in [-0.39, 0.29) is 23.2 Å². The molecule has 0 saturated carbocycles. The Morgan fingerprint density at radius 3 is 2.59 bits per heavy atom. The van der Waals surface area contributed by atoms with Crippen molar-refractivity contribution in [3.05, 3.63) is 46.2 Å². The Bertz CT molecular complexity index is 845. The van der Waals surface area contributed by atoms with Crippen LogP contribution in [0.25, 0.3) is 0 Å². The summed E-state index contributed by atoms with van der Waals surface area (Å²) in [4.78, 5) is 21.1. The van der Waals surface area contributed by atoms with Crippen LogP contribution in [0.3, 0.4) is 0 Å². The second-order valence-corrected chi connectivity index (χ2v) is 7.06. The van der Waals surface area contributed by atoms with E-state index in [9.17, 15) is 23.1 Å². The number of aromatic nitrogens is 2. The van der Waals surface area contributed by atoms with Gasteiger partial charge in [0.2, 0.25) is 5.95 Å². The van der Waals surface area contributed by atoms with Crippen molar-refractivity contribution in [1.82, 2.24) is 9.97 Å². The van der Waals surface area contributed by atoms with Crippen LogP contribution in [0.1, 0.15) is 36.9 Å². The quantitative estimate of drug-likeness (QED) is 0.689. The SMILES string of the molecule is CC[C@@H]1C[C@H](Nc2ncc(Br)cn2)c2cc(C(F)(F)F)ccc2N1C(=O)O. The average Bonchev–Trinajstić information content (AvgIpc) is 2.61. The molecule has 3 rings (SSSR count). The lowest BCUT2D eigenvalue weighted by Gasteiger charge is -2.39. The van der Waals surface area contributed by atoms with E-state index in [4.69, 9.17) is 0 Å². The highest BCUT2D eigenvalue weighted by Crippen LogP contribution is 2.42. The van der Waals surface area contributed by atoms with Crippen molar-refractivity contribution in [3.8, 4) is 0 Å². The number of amides is 1. The molecular formula is C17H16BrF3N4O2. The van der Waals surface area contributed by atoms with Crippen LogP contribution in [-0.2, 0) is 6.18 Å². The molecule has 1 aliphatic rings. The Morgan fingerprint density at radius 2 is 2.04 bits per heavy atom. The molecule has 2 atom stereocenters. The Hall–Kier alpha value is -2.36. The Kier molecular flexibility index (Phi) is 5.27. The lowest BCUT2D eigenvalue weighted by Crippen LogP contribution is -2.45. The number of hydrogen-bond donors (Lipinski definition) is 2. The number of nitrogens with one attached hydrogen (secondary N) is 1. The molecule has 0 unspecified atom stereocenters. The van der Waals surface area contributed by atoms with Gasteiger partial charge in [-0.15, -0.1) is 0 Å². The van der Waals surface area contributed by atoms with Crippen LogP contribution < -0.4 is 10.2 Å².